The third-order valence-electron chi connectivity index (χ3n) is 5.99. The summed E-state index contributed by atoms with van der Waals surface area (Å²) in [6, 6.07) is 6.31. The molecule has 1 aliphatic heterocycles. The Morgan fingerprint density at radius 1 is 1.25 bits per heavy atom. The van der Waals surface area contributed by atoms with Gasteiger partial charge in [0.2, 0.25) is 5.91 Å². The number of carbonyl (C=O) groups excluding carboxylic acids is 1. The average molecular weight is 389 g/mol. The van der Waals surface area contributed by atoms with Gasteiger partial charge in [0.25, 0.3) is 0 Å². The summed E-state index contributed by atoms with van der Waals surface area (Å²) in [5, 5.41) is 33.3. The molecule has 0 bridgehead atoms. The van der Waals surface area contributed by atoms with Gasteiger partial charge in [-0.1, -0.05) is 30.7 Å². The second-order valence-electron chi connectivity index (χ2n) is 7.88. The Morgan fingerprint density at radius 3 is 2.46 bits per heavy atom. The number of carbonyl (C=O) groups is 2. The van der Waals surface area contributed by atoms with E-state index in [4.69, 9.17) is 15.8 Å². The van der Waals surface area contributed by atoms with Crippen molar-refractivity contribution in [3.8, 4) is 0 Å². The minimum Gasteiger partial charge on any atom is -0.480 e. The lowest BCUT2D eigenvalue weighted by atomic mass is 9.80. The van der Waals surface area contributed by atoms with Crippen molar-refractivity contribution in [3.63, 3.8) is 0 Å². The van der Waals surface area contributed by atoms with Gasteiger partial charge in [-0.05, 0) is 42.6 Å². The lowest BCUT2D eigenvalue weighted by Gasteiger charge is -2.26. The highest BCUT2D eigenvalue weighted by Gasteiger charge is 2.41. The first-order chi connectivity index (χ1) is 13.4. The molecule has 0 saturated carbocycles. The van der Waals surface area contributed by atoms with Crippen LogP contribution >= 0.6 is 0 Å². The first-order valence-electron chi connectivity index (χ1n) is 9.82. The lowest BCUT2D eigenvalue weighted by molar-refractivity contribution is -0.140. The Balaban J connectivity index is 1.59. The van der Waals surface area contributed by atoms with Gasteiger partial charge in [0.1, 0.15) is 6.04 Å². The predicted octanol–water partition coefficient (Wildman–Crippen LogP) is -0.861. The monoisotopic (exact) mass is 389 g/mol. The maximum atomic E-state index is 12.7. The van der Waals surface area contributed by atoms with Crippen molar-refractivity contribution < 1.29 is 24.7 Å². The van der Waals surface area contributed by atoms with Crippen LogP contribution in [0.1, 0.15) is 24.0 Å². The molecular weight excluding hydrogens is 361 g/mol. The van der Waals surface area contributed by atoms with Gasteiger partial charge in [-0.25, -0.2) is 0 Å². The lowest BCUT2D eigenvalue weighted by Crippen LogP contribution is -2.51. The normalized spacial score (nSPS) is 25.3. The van der Waals surface area contributed by atoms with Gasteiger partial charge in [0.05, 0.1) is 6.04 Å². The second kappa shape index (κ2) is 9.04. The number of aliphatic carboxylic acids is 1. The van der Waals surface area contributed by atoms with E-state index in [1.807, 2.05) is 12.1 Å². The zero-order valence-electron chi connectivity index (χ0n) is 15.8. The van der Waals surface area contributed by atoms with Crippen molar-refractivity contribution in [3.05, 3.63) is 35.4 Å². The topological polar surface area (TPSA) is 145 Å². The molecule has 1 aliphatic carbocycles. The number of nitrogens with one attached hydrogen (secondary N) is 2. The summed E-state index contributed by atoms with van der Waals surface area (Å²) in [6.07, 6.45) is 2.64. The molecular formula is C19H28BN3O5. The Morgan fingerprint density at radius 2 is 1.89 bits per heavy atom. The highest BCUT2D eigenvalue weighted by Crippen LogP contribution is 2.29. The van der Waals surface area contributed by atoms with Crippen LogP contribution in [0.4, 0.5) is 0 Å². The molecule has 0 unspecified atom stereocenters. The zero-order chi connectivity index (χ0) is 20.3. The Hall–Kier alpha value is -1.94. The van der Waals surface area contributed by atoms with Gasteiger partial charge in [-0.3, -0.25) is 9.59 Å². The van der Waals surface area contributed by atoms with Crippen molar-refractivity contribution >= 4 is 19.0 Å². The van der Waals surface area contributed by atoms with Gasteiger partial charge >= 0.3 is 13.1 Å². The summed E-state index contributed by atoms with van der Waals surface area (Å²) in [7, 11) is -1.41. The van der Waals surface area contributed by atoms with E-state index in [1.165, 1.54) is 11.1 Å². The fraction of sp³-hybridized carbons (Fsp3) is 0.579. The molecule has 1 fully saturated rings. The van der Waals surface area contributed by atoms with E-state index in [0.29, 0.717) is 19.4 Å². The first kappa shape index (κ1) is 20.8. The van der Waals surface area contributed by atoms with E-state index in [-0.39, 0.29) is 30.1 Å². The maximum absolute atomic E-state index is 12.7. The number of nitrogens with two attached hydrogens (primary N) is 1. The van der Waals surface area contributed by atoms with Crippen LogP contribution in [-0.4, -0.2) is 58.8 Å². The molecule has 3 rings (SSSR count). The molecule has 8 nitrogen and oxygen atoms in total. The summed E-state index contributed by atoms with van der Waals surface area (Å²) in [5.74, 6) is -1.53. The Kier molecular flexibility index (Phi) is 6.71. The minimum absolute atomic E-state index is 0.0324. The number of fused-ring (bicyclic) bond motifs is 1. The van der Waals surface area contributed by atoms with Gasteiger partial charge in [0.15, 0.2) is 0 Å². The van der Waals surface area contributed by atoms with E-state index in [9.17, 15) is 14.7 Å². The Labute approximate surface area is 164 Å². The van der Waals surface area contributed by atoms with E-state index < -0.39 is 25.2 Å². The second-order valence-corrected chi connectivity index (χ2v) is 7.88. The maximum Gasteiger partial charge on any atom is 0.451 e. The number of hydrogen-bond acceptors (Lipinski definition) is 6. The molecule has 1 amide bonds. The molecule has 2 aliphatic rings. The first-order valence-corrected chi connectivity index (χ1v) is 9.82. The van der Waals surface area contributed by atoms with Crippen molar-refractivity contribution in [2.75, 3.05) is 6.54 Å². The molecule has 152 valence electrons. The van der Waals surface area contributed by atoms with E-state index >= 15 is 0 Å². The van der Waals surface area contributed by atoms with Crippen LogP contribution in [0.2, 0.25) is 6.32 Å². The van der Waals surface area contributed by atoms with Gasteiger partial charge in [-0.2, -0.15) is 0 Å². The fourth-order valence-corrected chi connectivity index (χ4v) is 4.46. The summed E-state index contributed by atoms with van der Waals surface area (Å²) in [4.78, 5) is 24.3. The SMILES string of the molecule is N[C@H](C(=O)N[C@H]1CN[C@H](C(=O)O)[C@@H]1CCCB(O)O)C1Cc2ccccc2C1. The molecule has 28 heavy (non-hydrogen) atoms. The highest BCUT2D eigenvalue weighted by molar-refractivity contribution is 6.40. The molecule has 1 aromatic carbocycles. The summed E-state index contributed by atoms with van der Waals surface area (Å²) in [6.45, 7) is 0.354. The minimum atomic E-state index is -1.41. The molecule has 7 N–H and O–H groups in total. The molecule has 1 heterocycles. The smallest absolute Gasteiger partial charge is 0.451 e. The number of hydrogen-bond donors (Lipinski definition) is 6. The number of amides is 1. The fourth-order valence-electron chi connectivity index (χ4n) is 4.46. The van der Waals surface area contributed by atoms with Crippen LogP contribution in [0.5, 0.6) is 0 Å². The quantitative estimate of drug-likeness (QED) is 0.317. The number of rotatable bonds is 8. The predicted molar refractivity (Wildman–Crippen MR) is 104 cm³/mol. The average Bonchev–Trinajstić information content (AvgIpc) is 3.25. The standard InChI is InChI=1S/C19H28BN3O5/c21-16(13-8-11-4-1-2-5-12(11)9-13)18(24)23-15-10-22-17(19(25)26)14(15)6-3-7-20(27)28/h1-2,4-5,13-17,22,27-28H,3,6-10,21H2,(H,23,24)(H,25,26)/t14-,15+,16+,17+/m1/s1. The van der Waals surface area contributed by atoms with Crippen molar-refractivity contribution in [2.45, 2.75) is 50.1 Å². The summed E-state index contributed by atoms with van der Waals surface area (Å²) < 4.78 is 0. The van der Waals surface area contributed by atoms with Crippen LogP contribution in [0.3, 0.4) is 0 Å². The van der Waals surface area contributed by atoms with E-state index in [1.54, 1.807) is 0 Å². The number of benzene rings is 1. The highest BCUT2D eigenvalue weighted by atomic mass is 16.4. The molecule has 0 spiro atoms. The van der Waals surface area contributed by atoms with Crippen LogP contribution in [0.25, 0.3) is 0 Å². The van der Waals surface area contributed by atoms with Crippen LogP contribution in [-0.2, 0) is 22.4 Å². The molecule has 1 saturated heterocycles. The van der Waals surface area contributed by atoms with Crippen LogP contribution in [0.15, 0.2) is 24.3 Å². The number of carboxylic acid groups (broad SMARTS) is 1. The molecule has 4 atom stereocenters. The third-order valence-corrected chi connectivity index (χ3v) is 5.99. The summed E-state index contributed by atoms with van der Waals surface area (Å²) >= 11 is 0. The van der Waals surface area contributed by atoms with Gasteiger partial charge in [-0.15, -0.1) is 0 Å². The number of carboxylic acids is 1. The van der Waals surface area contributed by atoms with E-state index in [2.05, 4.69) is 22.8 Å². The van der Waals surface area contributed by atoms with E-state index in [0.717, 1.165) is 12.8 Å². The van der Waals surface area contributed by atoms with Gasteiger partial charge < -0.3 is 31.5 Å². The molecule has 0 aromatic heterocycles. The third kappa shape index (κ3) is 4.72. The van der Waals surface area contributed by atoms with Crippen LogP contribution < -0.4 is 16.4 Å². The zero-order valence-corrected chi connectivity index (χ0v) is 15.8. The Bertz CT molecular complexity index is 692. The van der Waals surface area contributed by atoms with Crippen molar-refractivity contribution in [2.24, 2.45) is 17.6 Å². The van der Waals surface area contributed by atoms with Crippen molar-refractivity contribution in [1.82, 2.24) is 10.6 Å². The van der Waals surface area contributed by atoms with Gasteiger partial charge in [0, 0.05) is 18.5 Å². The molecule has 1 aromatic rings. The van der Waals surface area contributed by atoms with Crippen molar-refractivity contribution in [1.29, 1.82) is 0 Å². The summed E-state index contributed by atoms with van der Waals surface area (Å²) in [5.41, 5.74) is 8.70. The van der Waals surface area contributed by atoms with Crippen LogP contribution in [0, 0.1) is 11.8 Å². The molecule has 0 radical (unpaired) electrons. The largest absolute Gasteiger partial charge is 0.480 e. The molecule has 9 heteroatoms.